The van der Waals surface area contributed by atoms with E-state index in [1.54, 1.807) is 17.7 Å². The zero-order valence-electron chi connectivity index (χ0n) is 9.90. The van der Waals surface area contributed by atoms with Crippen LogP contribution in [-0.4, -0.2) is 16.0 Å². The number of fused-ring (bicyclic) bond motifs is 1. The van der Waals surface area contributed by atoms with Crippen molar-refractivity contribution < 1.29 is 0 Å². The minimum atomic E-state index is 0.470. The second-order valence-corrected chi connectivity index (χ2v) is 5.16. The van der Waals surface area contributed by atoms with Crippen molar-refractivity contribution in [2.75, 3.05) is 5.32 Å². The molecule has 0 bridgehead atoms. The van der Waals surface area contributed by atoms with Crippen molar-refractivity contribution in [2.45, 2.75) is 33.2 Å². The first kappa shape index (κ1) is 11.3. The summed E-state index contributed by atoms with van der Waals surface area (Å²) in [5.41, 5.74) is 0. The number of hydrogen-bond acceptors (Lipinski definition) is 4. The van der Waals surface area contributed by atoms with Crippen molar-refractivity contribution >= 4 is 27.4 Å². The summed E-state index contributed by atoms with van der Waals surface area (Å²) >= 11 is 1.65. The van der Waals surface area contributed by atoms with Crippen molar-refractivity contribution in [3.8, 4) is 0 Å². The van der Waals surface area contributed by atoms with E-state index >= 15 is 0 Å². The van der Waals surface area contributed by atoms with E-state index < -0.39 is 0 Å². The van der Waals surface area contributed by atoms with E-state index in [4.69, 9.17) is 0 Å². The van der Waals surface area contributed by atoms with Crippen LogP contribution in [0.15, 0.2) is 17.8 Å². The van der Waals surface area contributed by atoms with Gasteiger partial charge < -0.3 is 5.32 Å². The van der Waals surface area contributed by atoms with Gasteiger partial charge in [0.1, 0.15) is 17.0 Å². The fraction of sp³-hybridized carbons (Fsp3) is 0.500. The number of aromatic nitrogens is 2. The number of nitrogens with one attached hydrogen (secondary N) is 1. The third-order valence-electron chi connectivity index (χ3n) is 2.83. The van der Waals surface area contributed by atoms with Crippen LogP contribution in [0.2, 0.25) is 0 Å². The van der Waals surface area contributed by atoms with Crippen molar-refractivity contribution in [1.82, 2.24) is 9.97 Å². The molecule has 3 nitrogen and oxygen atoms in total. The third-order valence-corrected chi connectivity index (χ3v) is 3.65. The molecule has 0 aromatic carbocycles. The monoisotopic (exact) mass is 235 g/mol. The zero-order chi connectivity index (χ0) is 11.5. The van der Waals surface area contributed by atoms with Crippen LogP contribution in [0.1, 0.15) is 27.2 Å². The summed E-state index contributed by atoms with van der Waals surface area (Å²) in [5, 5.41) is 6.70. The Bertz CT molecular complexity index is 464. The average Bonchev–Trinajstić information content (AvgIpc) is 2.73. The fourth-order valence-corrected chi connectivity index (χ4v) is 2.55. The van der Waals surface area contributed by atoms with Crippen LogP contribution in [0.4, 0.5) is 5.82 Å². The molecule has 86 valence electrons. The number of hydrogen-bond donors (Lipinski definition) is 1. The van der Waals surface area contributed by atoms with Gasteiger partial charge in [0.15, 0.2) is 0 Å². The number of nitrogens with zero attached hydrogens (tertiary/aromatic N) is 2. The minimum absolute atomic E-state index is 0.470. The van der Waals surface area contributed by atoms with Gasteiger partial charge in [0.2, 0.25) is 0 Å². The van der Waals surface area contributed by atoms with Crippen LogP contribution in [-0.2, 0) is 0 Å². The molecule has 4 heteroatoms. The molecule has 2 aromatic rings. The smallest absolute Gasteiger partial charge is 0.138 e. The van der Waals surface area contributed by atoms with Crippen LogP contribution in [0.3, 0.4) is 0 Å². The lowest BCUT2D eigenvalue weighted by Crippen LogP contribution is -2.25. The maximum absolute atomic E-state index is 4.33. The molecule has 2 rings (SSSR count). The third kappa shape index (κ3) is 2.16. The summed E-state index contributed by atoms with van der Waals surface area (Å²) in [6.45, 7) is 6.66. The first-order valence-corrected chi connectivity index (χ1v) is 6.55. The Hall–Kier alpha value is -1.16. The summed E-state index contributed by atoms with van der Waals surface area (Å²) in [7, 11) is 0. The molecule has 0 fully saturated rings. The van der Waals surface area contributed by atoms with E-state index in [0.29, 0.717) is 12.0 Å². The van der Waals surface area contributed by atoms with E-state index in [1.807, 2.05) is 0 Å². The Kier molecular flexibility index (Phi) is 3.39. The maximum Gasteiger partial charge on any atom is 0.138 e. The number of thiophene rings is 1. The standard InChI is InChI=1S/C12H17N3S/c1-4-10(8(2)3)15-11-9-5-6-16-12(9)14-7-13-11/h5-8,10H,4H2,1-3H3,(H,13,14,15). The van der Waals surface area contributed by atoms with E-state index in [1.165, 1.54) is 0 Å². The van der Waals surface area contributed by atoms with Gasteiger partial charge in [-0.2, -0.15) is 0 Å². The first-order valence-electron chi connectivity index (χ1n) is 5.67. The molecule has 16 heavy (non-hydrogen) atoms. The lowest BCUT2D eigenvalue weighted by atomic mass is 10.0. The van der Waals surface area contributed by atoms with Crippen LogP contribution >= 0.6 is 11.3 Å². The highest BCUT2D eigenvalue weighted by Gasteiger charge is 2.13. The molecule has 1 unspecified atom stereocenters. The Labute approximate surface area is 99.9 Å². The molecule has 0 aliphatic carbocycles. The molecule has 0 amide bonds. The molecule has 0 saturated carbocycles. The maximum atomic E-state index is 4.33. The van der Waals surface area contributed by atoms with Gasteiger partial charge in [-0.15, -0.1) is 11.3 Å². The minimum Gasteiger partial charge on any atom is -0.366 e. The largest absolute Gasteiger partial charge is 0.366 e. The van der Waals surface area contributed by atoms with Gasteiger partial charge in [0, 0.05) is 6.04 Å². The van der Waals surface area contributed by atoms with Gasteiger partial charge in [0.25, 0.3) is 0 Å². The quantitative estimate of drug-likeness (QED) is 0.880. The van der Waals surface area contributed by atoms with Gasteiger partial charge in [-0.05, 0) is 23.8 Å². The summed E-state index contributed by atoms with van der Waals surface area (Å²) in [6.07, 6.45) is 2.74. The second-order valence-electron chi connectivity index (χ2n) is 4.26. The summed E-state index contributed by atoms with van der Waals surface area (Å²) < 4.78 is 0. The Morgan fingerprint density at radius 3 is 2.88 bits per heavy atom. The van der Waals surface area contributed by atoms with Crippen LogP contribution in [0.5, 0.6) is 0 Å². The number of rotatable bonds is 4. The summed E-state index contributed by atoms with van der Waals surface area (Å²) in [5.74, 6) is 1.57. The SMILES string of the molecule is CCC(Nc1ncnc2sccc12)C(C)C. The summed E-state index contributed by atoms with van der Waals surface area (Å²) in [4.78, 5) is 9.63. The van der Waals surface area contributed by atoms with Crippen LogP contribution < -0.4 is 5.32 Å². The predicted molar refractivity (Wildman–Crippen MR) is 70.0 cm³/mol. The van der Waals surface area contributed by atoms with Crippen molar-refractivity contribution in [3.63, 3.8) is 0 Å². The van der Waals surface area contributed by atoms with Gasteiger partial charge in [-0.1, -0.05) is 20.8 Å². The highest BCUT2D eigenvalue weighted by Crippen LogP contribution is 2.25. The highest BCUT2D eigenvalue weighted by atomic mass is 32.1. The average molecular weight is 235 g/mol. The molecule has 1 N–H and O–H groups in total. The molecule has 1 atom stereocenters. The van der Waals surface area contributed by atoms with Crippen molar-refractivity contribution in [1.29, 1.82) is 0 Å². The van der Waals surface area contributed by atoms with Gasteiger partial charge >= 0.3 is 0 Å². The fourth-order valence-electron chi connectivity index (χ4n) is 1.82. The lowest BCUT2D eigenvalue weighted by Gasteiger charge is -2.21. The lowest BCUT2D eigenvalue weighted by molar-refractivity contribution is 0.510. The van der Waals surface area contributed by atoms with Gasteiger partial charge in [-0.3, -0.25) is 0 Å². The van der Waals surface area contributed by atoms with E-state index in [2.05, 4.69) is 47.5 Å². The Morgan fingerprint density at radius 2 is 2.19 bits per heavy atom. The summed E-state index contributed by atoms with van der Waals surface area (Å²) in [6, 6.07) is 2.55. The molecular weight excluding hydrogens is 218 g/mol. The van der Waals surface area contributed by atoms with Crippen LogP contribution in [0.25, 0.3) is 10.2 Å². The topological polar surface area (TPSA) is 37.8 Å². The molecule has 0 saturated heterocycles. The van der Waals surface area contributed by atoms with Crippen molar-refractivity contribution in [2.24, 2.45) is 5.92 Å². The molecule has 2 aromatic heterocycles. The van der Waals surface area contributed by atoms with Gasteiger partial charge in [-0.25, -0.2) is 9.97 Å². The normalized spacial score (nSPS) is 13.2. The molecule has 0 aliphatic rings. The zero-order valence-corrected chi connectivity index (χ0v) is 10.7. The van der Waals surface area contributed by atoms with Crippen molar-refractivity contribution in [3.05, 3.63) is 17.8 Å². The first-order chi connectivity index (χ1) is 7.72. The molecule has 0 aliphatic heterocycles. The Balaban J connectivity index is 2.29. The second kappa shape index (κ2) is 4.78. The van der Waals surface area contributed by atoms with Crippen LogP contribution in [0, 0.1) is 5.92 Å². The number of anilines is 1. The van der Waals surface area contributed by atoms with Gasteiger partial charge in [0.05, 0.1) is 5.39 Å². The van der Waals surface area contributed by atoms with E-state index in [-0.39, 0.29) is 0 Å². The Morgan fingerprint density at radius 1 is 1.38 bits per heavy atom. The molecule has 0 radical (unpaired) electrons. The predicted octanol–water partition coefficient (Wildman–Crippen LogP) is 3.54. The van der Waals surface area contributed by atoms with E-state index in [0.717, 1.165) is 22.5 Å². The van der Waals surface area contributed by atoms with E-state index in [9.17, 15) is 0 Å². The molecule has 2 heterocycles. The molecule has 0 spiro atoms. The highest BCUT2D eigenvalue weighted by molar-refractivity contribution is 7.16. The molecular formula is C12H17N3S.